The van der Waals surface area contributed by atoms with Gasteiger partial charge in [-0.1, -0.05) is 24.3 Å². The number of esters is 1. The van der Waals surface area contributed by atoms with E-state index in [4.69, 9.17) is 14.2 Å². The van der Waals surface area contributed by atoms with Crippen LogP contribution in [0, 0.1) is 11.6 Å². The molecule has 0 fully saturated rings. The number of benzene rings is 2. The van der Waals surface area contributed by atoms with E-state index in [1.165, 1.54) is 20.1 Å². The number of allylic oxidation sites excluding steroid dienone is 1. The van der Waals surface area contributed by atoms with Gasteiger partial charge in [-0.25, -0.2) is 13.6 Å². The number of rotatable bonds is 8. The van der Waals surface area contributed by atoms with Crippen LogP contribution < -0.4 is 14.8 Å². The van der Waals surface area contributed by atoms with E-state index in [0.717, 1.165) is 17.7 Å². The van der Waals surface area contributed by atoms with Crippen molar-refractivity contribution in [2.24, 2.45) is 0 Å². The molecule has 0 spiro atoms. The van der Waals surface area contributed by atoms with Crippen molar-refractivity contribution in [2.75, 3.05) is 19.0 Å². The largest absolute Gasteiger partial charge is 0.493 e. The third-order valence-electron chi connectivity index (χ3n) is 3.78. The number of methoxy groups -OCH3 is 1. The summed E-state index contributed by atoms with van der Waals surface area (Å²) in [4.78, 5) is 24.0. The molecule has 1 atom stereocenters. The van der Waals surface area contributed by atoms with Gasteiger partial charge in [0.05, 0.1) is 7.11 Å². The van der Waals surface area contributed by atoms with Gasteiger partial charge in [-0.3, -0.25) is 4.79 Å². The third-order valence-corrected chi connectivity index (χ3v) is 3.78. The first kappa shape index (κ1) is 21.9. The minimum absolute atomic E-state index is 0.322. The zero-order valence-electron chi connectivity index (χ0n) is 16.2. The number of halogens is 2. The van der Waals surface area contributed by atoms with Crippen LogP contribution in [0.1, 0.15) is 19.4 Å². The maximum Gasteiger partial charge on any atom is 0.344 e. The predicted molar refractivity (Wildman–Crippen MR) is 104 cm³/mol. The van der Waals surface area contributed by atoms with Crippen LogP contribution in [0.2, 0.25) is 0 Å². The molecule has 0 heterocycles. The Morgan fingerprint density at radius 3 is 2.45 bits per heavy atom. The number of hydrogen-bond acceptors (Lipinski definition) is 5. The van der Waals surface area contributed by atoms with E-state index in [1.807, 2.05) is 19.1 Å². The third kappa shape index (κ3) is 6.03. The van der Waals surface area contributed by atoms with Crippen molar-refractivity contribution in [1.82, 2.24) is 0 Å². The molecular weight excluding hydrogens is 384 g/mol. The normalized spacial score (nSPS) is 11.8. The summed E-state index contributed by atoms with van der Waals surface area (Å²) >= 11 is 0. The lowest BCUT2D eigenvalue weighted by Gasteiger charge is -2.15. The number of carbonyl (C=O) groups excluding carboxylic acids is 2. The summed E-state index contributed by atoms with van der Waals surface area (Å²) in [5, 5.41) is 2.06. The maximum atomic E-state index is 13.6. The fourth-order valence-corrected chi connectivity index (χ4v) is 2.36. The van der Waals surface area contributed by atoms with Crippen molar-refractivity contribution < 1.29 is 32.6 Å². The number of carbonyl (C=O) groups is 2. The molecule has 0 aromatic heterocycles. The lowest BCUT2D eigenvalue weighted by molar-refractivity contribution is -0.155. The molecule has 2 aromatic rings. The fourth-order valence-electron chi connectivity index (χ4n) is 2.36. The highest BCUT2D eigenvalue weighted by atomic mass is 19.1. The zero-order chi connectivity index (χ0) is 21.4. The molecular formula is C21H21F2NO5. The topological polar surface area (TPSA) is 73.9 Å². The van der Waals surface area contributed by atoms with E-state index in [9.17, 15) is 18.4 Å². The fraction of sp³-hybridized carbons (Fsp3) is 0.238. The molecule has 0 saturated heterocycles. The molecule has 8 heteroatoms. The number of para-hydroxylation sites is 1. The molecule has 29 heavy (non-hydrogen) atoms. The van der Waals surface area contributed by atoms with Gasteiger partial charge in [-0.2, -0.15) is 0 Å². The van der Waals surface area contributed by atoms with Gasteiger partial charge >= 0.3 is 5.97 Å². The van der Waals surface area contributed by atoms with Gasteiger partial charge in [0.25, 0.3) is 5.91 Å². The van der Waals surface area contributed by atoms with Crippen LogP contribution in [0.25, 0.3) is 6.08 Å². The van der Waals surface area contributed by atoms with Gasteiger partial charge in [0, 0.05) is 0 Å². The molecule has 0 aliphatic rings. The number of nitrogens with one attached hydrogen (secondary N) is 1. The molecule has 1 N–H and O–H groups in total. The van der Waals surface area contributed by atoms with Crippen LogP contribution in [0.5, 0.6) is 11.5 Å². The van der Waals surface area contributed by atoms with Crippen LogP contribution in [0.3, 0.4) is 0 Å². The Bertz CT molecular complexity index is 894. The first-order valence-electron chi connectivity index (χ1n) is 8.73. The van der Waals surface area contributed by atoms with Crippen molar-refractivity contribution in [3.63, 3.8) is 0 Å². The molecule has 0 bridgehead atoms. The molecule has 154 valence electrons. The molecule has 1 amide bonds. The van der Waals surface area contributed by atoms with Gasteiger partial charge in [0.15, 0.2) is 24.2 Å². The summed E-state index contributed by atoms with van der Waals surface area (Å²) in [7, 11) is 1.47. The molecule has 0 unspecified atom stereocenters. The number of ether oxygens (including phenoxy) is 3. The Balaban J connectivity index is 1.92. The van der Waals surface area contributed by atoms with E-state index in [0.29, 0.717) is 11.5 Å². The number of anilines is 1. The number of hydrogen-bond donors (Lipinski definition) is 1. The van der Waals surface area contributed by atoms with Crippen molar-refractivity contribution in [3.8, 4) is 11.5 Å². The average molecular weight is 405 g/mol. The van der Waals surface area contributed by atoms with E-state index in [2.05, 4.69) is 5.32 Å². The second-order valence-corrected chi connectivity index (χ2v) is 5.92. The minimum Gasteiger partial charge on any atom is -0.493 e. The molecule has 0 radical (unpaired) electrons. The van der Waals surface area contributed by atoms with Gasteiger partial charge in [-0.05, 0) is 43.7 Å². The highest BCUT2D eigenvalue weighted by Crippen LogP contribution is 2.28. The van der Waals surface area contributed by atoms with Crippen LogP contribution >= 0.6 is 0 Å². The molecule has 0 aliphatic heterocycles. The second-order valence-electron chi connectivity index (χ2n) is 5.92. The Morgan fingerprint density at radius 2 is 1.83 bits per heavy atom. The summed E-state index contributed by atoms with van der Waals surface area (Å²) < 4.78 is 42.7. The Kier molecular flexibility index (Phi) is 7.70. The zero-order valence-corrected chi connectivity index (χ0v) is 16.2. The lowest BCUT2D eigenvalue weighted by Crippen LogP contribution is -2.32. The quantitative estimate of drug-likeness (QED) is 0.673. The Hall–Kier alpha value is -3.42. The van der Waals surface area contributed by atoms with Crippen LogP contribution in [0.15, 0.2) is 42.5 Å². The molecule has 0 saturated carbocycles. The Morgan fingerprint density at radius 1 is 1.14 bits per heavy atom. The monoisotopic (exact) mass is 405 g/mol. The van der Waals surface area contributed by atoms with Gasteiger partial charge in [0.1, 0.15) is 17.3 Å². The van der Waals surface area contributed by atoms with E-state index >= 15 is 0 Å². The SMILES string of the molecule is C/C=C/c1ccc(OCC(=O)O[C@@H](C)C(=O)Nc2c(F)cccc2F)c(OC)c1. The van der Waals surface area contributed by atoms with Crippen LogP contribution in [-0.4, -0.2) is 31.7 Å². The van der Waals surface area contributed by atoms with E-state index in [-0.39, 0.29) is 0 Å². The van der Waals surface area contributed by atoms with Crippen LogP contribution in [0.4, 0.5) is 14.5 Å². The molecule has 0 aliphatic carbocycles. The first-order chi connectivity index (χ1) is 13.8. The number of amides is 1. The summed E-state index contributed by atoms with van der Waals surface area (Å²) in [5.41, 5.74) is 0.285. The molecule has 6 nitrogen and oxygen atoms in total. The van der Waals surface area contributed by atoms with E-state index in [1.54, 1.807) is 18.2 Å². The van der Waals surface area contributed by atoms with Gasteiger partial charge in [0.2, 0.25) is 0 Å². The maximum absolute atomic E-state index is 13.6. The van der Waals surface area contributed by atoms with Gasteiger partial charge < -0.3 is 19.5 Å². The molecule has 2 rings (SSSR count). The van der Waals surface area contributed by atoms with Crippen molar-refractivity contribution >= 4 is 23.6 Å². The summed E-state index contributed by atoms with van der Waals surface area (Å²) in [6, 6.07) is 8.32. The first-order valence-corrected chi connectivity index (χ1v) is 8.73. The standard InChI is InChI=1S/C21H21F2NO5/c1-4-6-14-9-10-17(18(11-14)27-3)28-12-19(25)29-13(2)21(26)24-20-15(22)7-5-8-16(20)23/h4-11,13H,12H2,1-3H3,(H,24,26)/b6-4+/t13-/m0/s1. The molecule has 2 aromatic carbocycles. The van der Waals surface area contributed by atoms with Gasteiger partial charge in [-0.15, -0.1) is 0 Å². The average Bonchev–Trinajstić information content (AvgIpc) is 2.69. The summed E-state index contributed by atoms with van der Waals surface area (Å²) in [6.07, 6.45) is 2.45. The predicted octanol–water partition coefficient (Wildman–Crippen LogP) is 3.96. The summed E-state index contributed by atoms with van der Waals surface area (Å²) in [6.45, 7) is 2.67. The Labute approximate surface area is 167 Å². The van der Waals surface area contributed by atoms with Crippen molar-refractivity contribution in [1.29, 1.82) is 0 Å². The second kappa shape index (κ2) is 10.2. The summed E-state index contributed by atoms with van der Waals surface area (Å²) in [5.74, 6) is -2.84. The lowest BCUT2D eigenvalue weighted by atomic mass is 10.2. The minimum atomic E-state index is -1.29. The van der Waals surface area contributed by atoms with E-state index < -0.39 is 41.9 Å². The smallest absolute Gasteiger partial charge is 0.344 e. The van der Waals surface area contributed by atoms with Crippen LogP contribution in [-0.2, 0) is 14.3 Å². The highest BCUT2D eigenvalue weighted by Gasteiger charge is 2.21. The van der Waals surface area contributed by atoms with Crippen molar-refractivity contribution in [2.45, 2.75) is 20.0 Å². The van der Waals surface area contributed by atoms with Crippen molar-refractivity contribution in [3.05, 3.63) is 59.7 Å². The highest BCUT2D eigenvalue weighted by molar-refractivity contribution is 5.95.